The minimum atomic E-state index is -4.73. The van der Waals surface area contributed by atoms with Gasteiger partial charge in [0.1, 0.15) is 18.3 Å². The van der Waals surface area contributed by atoms with Crippen molar-refractivity contribution in [2.24, 2.45) is 0 Å². The van der Waals surface area contributed by atoms with Crippen LogP contribution >= 0.6 is 7.94 Å². The van der Waals surface area contributed by atoms with Crippen molar-refractivity contribution < 1.29 is 143 Å². The molecule has 0 aromatic rings. The molecule has 4 N–H and O–H groups in total. The fraction of sp³-hybridized carbons (Fsp3) is 1.00. The van der Waals surface area contributed by atoms with E-state index < -0.39 is 44.8 Å². The molecule has 0 spiro atoms. The Morgan fingerprint density at radius 3 is 1.83 bits per heavy atom. The van der Waals surface area contributed by atoms with Gasteiger partial charge in [-0.15, -0.1) is 0 Å². The summed E-state index contributed by atoms with van der Waals surface area (Å²) in [5, 5.41) is 36.8. The Balaban J connectivity index is 0. The third-order valence-electron chi connectivity index (χ3n) is 2.37. The molecule has 1 aliphatic rings. The quantitative estimate of drug-likeness (QED) is 0.292. The average molecular weight is 334 g/mol. The van der Waals surface area contributed by atoms with E-state index in [1.165, 1.54) is 0 Å². The molecule has 0 amide bonds. The monoisotopic (exact) mass is 334 g/mol. The Kier molecular flexibility index (Phi) is 13.4. The molecule has 8 nitrogen and oxygen atoms in total. The molecule has 1 heterocycles. The second-order valence-electron chi connectivity index (χ2n) is 3.66. The van der Waals surface area contributed by atoms with Gasteiger partial charge in [-0.25, -0.2) is 0 Å². The van der Waals surface area contributed by atoms with Gasteiger partial charge in [-0.1, -0.05) is 0 Å². The van der Waals surface area contributed by atoms with E-state index in [0.29, 0.717) is 0 Å². The zero-order valence-electron chi connectivity index (χ0n) is 10.2. The summed E-state index contributed by atoms with van der Waals surface area (Å²) in [6.45, 7) is 0. The first kappa shape index (κ1) is 23.6. The smallest absolute Gasteiger partial charge is 0.688 e. The minimum Gasteiger partial charge on any atom is -0.688 e. The molecule has 1 fully saturated rings. The van der Waals surface area contributed by atoms with Crippen LogP contribution in [0.5, 0.6) is 0 Å². The number of aliphatic hydroxyl groups is 4. The van der Waals surface area contributed by atoms with Crippen LogP contribution < -0.4 is 117 Å². The van der Waals surface area contributed by atoms with Crippen molar-refractivity contribution in [1.82, 2.24) is 0 Å². The maximum Gasteiger partial charge on any atom is 1.00 e. The van der Waals surface area contributed by atoms with Gasteiger partial charge < -0.3 is 39.8 Å². The molecule has 18 heavy (non-hydrogen) atoms. The van der Waals surface area contributed by atoms with Gasteiger partial charge in [0.15, 0.2) is 6.29 Å². The van der Waals surface area contributed by atoms with E-state index in [4.69, 9.17) is 10.2 Å². The van der Waals surface area contributed by atoms with Crippen molar-refractivity contribution in [2.75, 3.05) is 6.16 Å². The third-order valence-corrected chi connectivity index (χ3v) is 3.18. The van der Waals surface area contributed by atoms with Crippen LogP contribution in [-0.2, 0) is 4.74 Å². The largest absolute Gasteiger partial charge is 1.00 e. The van der Waals surface area contributed by atoms with Crippen molar-refractivity contribution in [3.8, 4) is 0 Å². The van der Waals surface area contributed by atoms with Crippen LogP contribution in [0, 0.1) is 0 Å². The maximum absolute atomic E-state index is 10.4. The number of ether oxygens (including phenoxy) is 1. The summed E-state index contributed by atoms with van der Waals surface area (Å²) < 4.78 is 4.67. The maximum atomic E-state index is 10.4. The van der Waals surface area contributed by atoms with Crippen molar-refractivity contribution in [1.29, 1.82) is 0 Å². The Morgan fingerprint density at radius 1 is 0.889 bits per heavy atom. The molecule has 0 aromatic heterocycles. The Hall–Kier alpha value is 3.38. The Morgan fingerprint density at radius 2 is 1.39 bits per heavy atom. The topological polar surface area (TPSA) is 159 Å². The van der Waals surface area contributed by atoms with Crippen LogP contribution in [0.3, 0.4) is 0 Å². The summed E-state index contributed by atoms with van der Waals surface area (Å²) >= 11 is 0. The van der Waals surface area contributed by atoms with Crippen LogP contribution in [0.4, 0.5) is 0 Å². The summed E-state index contributed by atoms with van der Waals surface area (Å²) in [5.74, 6) is 0. The van der Waals surface area contributed by atoms with Crippen LogP contribution in [0.25, 0.3) is 0 Å². The molecular formula is C7H13K2O8P. The van der Waals surface area contributed by atoms with Gasteiger partial charge >= 0.3 is 103 Å². The molecule has 1 rings (SSSR count). The van der Waals surface area contributed by atoms with E-state index in [1.54, 1.807) is 0 Å². The van der Waals surface area contributed by atoms with E-state index in [2.05, 4.69) is 4.74 Å². The molecule has 0 aromatic carbocycles. The predicted octanol–water partition coefficient (Wildman–Crippen LogP) is -11.0. The first-order chi connectivity index (χ1) is 7.22. The van der Waals surface area contributed by atoms with E-state index in [-0.39, 0.29) is 109 Å². The van der Waals surface area contributed by atoms with Crippen molar-refractivity contribution >= 4 is 7.94 Å². The Labute approximate surface area is 190 Å². The van der Waals surface area contributed by atoms with Crippen LogP contribution in [-0.4, -0.2) is 57.3 Å². The van der Waals surface area contributed by atoms with Gasteiger partial charge in [-0.05, 0) is 0 Å². The van der Waals surface area contributed by atoms with E-state index >= 15 is 0 Å². The van der Waals surface area contributed by atoms with Gasteiger partial charge in [-0.2, -0.15) is 7.94 Å². The molecule has 0 radical (unpaired) electrons. The van der Waals surface area contributed by atoms with Crippen LogP contribution in [0.1, 0.15) is 6.42 Å². The molecule has 5 atom stereocenters. The normalized spacial score (nSPS) is 36.5. The summed E-state index contributed by atoms with van der Waals surface area (Å²) in [7, 11) is -4.73. The van der Waals surface area contributed by atoms with E-state index in [9.17, 15) is 24.9 Å². The fourth-order valence-electron chi connectivity index (χ4n) is 1.45. The predicted molar refractivity (Wildman–Crippen MR) is 45.3 cm³/mol. The minimum absolute atomic E-state index is 0. The molecule has 0 saturated carbocycles. The van der Waals surface area contributed by atoms with Gasteiger partial charge in [0, 0.05) is 12.6 Å². The molecule has 1 unspecified atom stereocenters. The molecular weight excluding hydrogens is 321 g/mol. The number of aliphatic hydroxyl groups excluding tert-OH is 4. The fourth-order valence-corrected chi connectivity index (χ4v) is 2.03. The molecule has 1 aliphatic heterocycles. The zero-order valence-corrected chi connectivity index (χ0v) is 17.3. The molecule has 11 heteroatoms. The molecule has 0 bridgehead atoms. The number of hydrogen-bond acceptors (Lipinski definition) is 8. The van der Waals surface area contributed by atoms with Gasteiger partial charge in [0.05, 0.1) is 6.10 Å². The van der Waals surface area contributed by atoms with Gasteiger partial charge in [0.2, 0.25) is 0 Å². The van der Waals surface area contributed by atoms with Crippen molar-refractivity contribution in [2.45, 2.75) is 37.1 Å². The van der Waals surface area contributed by atoms with Crippen LogP contribution in [0.2, 0.25) is 0 Å². The van der Waals surface area contributed by atoms with E-state index in [1.807, 2.05) is 0 Å². The summed E-state index contributed by atoms with van der Waals surface area (Å²) in [6, 6.07) is 0. The second kappa shape index (κ2) is 10.2. The summed E-state index contributed by atoms with van der Waals surface area (Å²) in [6.07, 6.45) is -8.91. The summed E-state index contributed by atoms with van der Waals surface area (Å²) in [4.78, 5) is 31.1. The zero-order chi connectivity index (χ0) is 12.5. The van der Waals surface area contributed by atoms with Crippen molar-refractivity contribution in [3.05, 3.63) is 0 Å². The SMILES string of the molecule is [K+].[K+].[O-][P+]([O-])([O-])CC[C@H]1OC(O)[C@H](O)[C@@H](O)[C@@H]1O. The number of rotatable bonds is 3. The first-order valence-electron chi connectivity index (χ1n) is 4.61. The van der Waals surface area contributed by atoms with E-state index in [0.717, 1.165) is 0 Å². The second-order valence-corrected chi connectivity index (χ2v) is 5.33. The van der Waals surface area contributed by atoms with Gasteiger partial charge in [0.25, 0.3) is 0 Å². The van der Waals surface area contributed by atoms with Crippen molar-refractivity contribution in [3.63, 3.8) is 0 Å². The first-order valence-corrected chi connectivity index (χ1v) is 6.34. The standard InChI is InChI=1S/C7H15O8P.2K/c8-4-3(1-2-16(12,13)14)15-7(11)6(10)5(4)9;;/h3-11H,1-2H2,(H2,12,13,14);;/q;2*+1/p-2/t3-,4-,5+,6-,7?;;/m1../s1. The van der Waals surface area contributed by atoms with Gasteiger partial charge in [-0.3, -0.25) is 0 Å². The molecule has 0 aliphatic carbocycles. The average Bonchev–Trinajstić information content (AvgIpc) is 2.17. The molecule has 96 valence electrons. The summed E-state index contributed by atoms with van der Waals surface area (Å²) in [5.41, 5.74) is 0. The number of hydrogen-bond donors (Lipinski definition) is 4. The van der Waals surface area contributed by atoms with Crippen LogP contribution in [0.15, 0.2) is 0 Å². The third kappa shape index (κ3) is 7.59. The Bertz CT molecular complexity index is 240. The molecule has 1 saturated heterocycles.